The third kappa shape index (κ3) is 5.19. The van der Waals surface area contributed by atoms with Gasteiger partial charge >= 0.3 is 0 Å². The highest BCUT2D eigenvalue weighted by molar-refractivity contribution is 5.29. The molecule has 2 nitrogen and oxygen atoms in total. The van der Waals surface area contributed by atoms with Crippen LogP contribution < -0.4 is 10.1 Å². The second-order valence-electron chi connectivity index (χ2n) is 5.31. The zero-order valence-corrected chi connectivity index (χ0v) is 12.5. The van der Waals surface area contributed by atoms with Crippen molar-refractivity contribution in [3.63, 3.8) is 0 Å². The van der Waals surface area contributed by atoms with Crippen LogP contribution in [0, 0.1) is 11.7 Å². The van der Waals surface area contributed by atoms with E-state index in [9.17, 15) is 4.39 Å². The molecule has 0 aliphatic rings. The molecule has 0 spiro atoms. The largest absolute Gasteiger partial charge is 0.494 e. The van der Waals surface area contributed by atoms with Crippen molar-refractivity contribution >= 4 is 0 Å². The average Bonchev–Trinajstić information content (AvgIpc) is 2.38. The van der Waals surface area contributed by atoms with E-state index in [1.54, 1.807) is 12.1 Å². The summed E-state index contributed by atoms with van der Waals surface area (Å²) in [5.41, 5.74) is 1.03. The van der Waals surface area contributed by atoms with Crippen molar-refractivity contribution in [3.8, 4) is 5.75 Å². The second-order valence-corrected chi connectivity index (χ2v) is 5.31. The molecule has 1 N–H and O–H groups in total. The first-order valence-electron chi connectivity index (χ1n) is 7.14. The maximum atomic E-state index is 13.6. The monoisotopic (exact) mass is 267 g/mol. The lowest BCUT2D eigenvalue weighted by Crippen LogP contribution is -2.34. The van der Waals surface area contributed by atoms with Crippen molar-refractivity contribution in [2.24, 2.45) is 5.92 Å². The highest BCUT2D eigenvalue weighted by Crippen LogP contribution is 2.19. The summed E-state index contributed by atoms with van der Waals surface area (Å²) in [7, 11) is 1.49. The van der Waals surface area contributed by atoms with E-state index in [1.807, 2.05) is 6.07 Å². The van der Waals surface area contributed by atoms with Gasteiger partial charge in [0.1, 0.15) is 0 Å². The molecule has 1 atom stereocenters. The zero-order valence-electron chi connectivity index (χ0n) is 12.5. The summed E-state index contributed by atoms with van der Waals surface area (Å²) < 4.78 is 18.5. The number of nitrogens with one attached hydrogen (secondary N) is 1. The molecule has 0 bridgehead atoms. The Labute approximate surface area is 116 Å². The Morgan fingerprint density at radius 1 is 1.32 bits per heavy atom. The summed E-state index contributed by atoms with van der Waals surface area (Å²) in [5, 5.41) is 3.56. The number of benzene rings is 1. The molecule has 1 aromatic carbocycles. The molecule has 1 unspecified atom stereocenters. The molecule has 0 saturated carbocycles. The van der Waals surface area contributed by atoms with Gasteiger partial charge in [-0.25, -0.2) is 4.39 Å². The number of halogens is 1. The third-order valence-corrected chi connectivity index (χ3v) is 3.42. The fraction of sp³-hybridized carbons (Fsp3) is 0.625. The van der Waals surface area contributed by atoms with Crippen molar-refractivity contribution in [2.75, 3.05) is 13.7 Å². The van der Waals surface area contributed by atoms with E-state index in [2.05, 4.69) is 26.1 Å². The Bertz CT molecular complexity index is 379. The van der Waals surface area contributed by atoms with Gasteiger partial charge in [0, 0.05) is 6.04 Å². The Balaban J connectivity index is 2.56. The molecule has 0 heterocycles. The number of aryl methyl sites for hydroxylation is 1. The van der Waals surface area contributed by atoms with Crippen LogP contribution >= 0.6 is 0 Å². The van der Waals surface area contributed by atoms with Gasteiger partial charge in [0.05, 0.1) is 7.11 Å². The molecular weight excluding hydrogens is 241 g/mol. The average molecular weight is 267 g/mol. The van der Waals surface area contributed by atoms with E-state index >= 15 is 0 Å². The molecule has 0 fully saturated rings. The molecule has 0 amide bonds. The lowest BCUT2D eigenvalue weighted by molar-refractivity contribution is 0.376. The van der Waals surface area contributed by atoms with E-state index in [0.717, 1.165) is 31.4 Å². The first-order valence-corrected chi connectivity index (χ1v) is 7.14. The van der Waals surface area contributed by atoms with E-state index in [1.165, 1.54) is 7.11 Å². The van der Waals surface area contributed by atoms with Gasteiger partial charge in [0.25, 0.3) is 0 Å². The molecule has 0 aliphatic heterocycles. The van der Waals surface area contributed by atoms with E-state index < -0.39 is 0 Å². The molecule has 0 aromatic heterocycles. The van der Waals surface area contributed by atoms with Gasteiger partial charge < -0.3 is 10.1 Å². The molecular formula is C16H26FNO. The van der Waals surface area contributed by atoms with Crippen LogP contribution in [0.2, 0.25) is 0 Å². The predicted octanol–water partition coefficient (Wildman–Crippen LogP) is 3.79. The number of methoxy groups -OCH3 is 1. The third-order valence-electron chi connectivity index (χ3n) is 3.42. The van der Waals surface area contributed by atoms with Gasteiger partial charge in [-0.3, -0.25) is 0 Å². The predicted molar refractivity (Wildman–Crippen MR) is 78.2 cm³/mol. The van der Waals surface area contributed by atoms with Gasteiger partial charge in [0.15, 0.2) is 11.6 Å². The smallest absolute Gasteiger partial charge is 0.165 e. The van der Waals surface area contributed by atoms with Crippen LogP contribution in [0.25, 0.3) is 0 Å². The quantitative estimate of drug-likeness (QED) is 0.773. The van der Waals surface area contributed by atoms with Crippen molar-refractivity contribution in [2.45, 2.75) is 46.1 Å². The normalized spacial score (nSPS) is 12.7. The Hall–Kier alpha value is -1.09. The van der Waals surface area contributed by atoms with Gasteiger partial charge in [-0.05, 0) is 49.4 Å². The van der Waals surface area contributed by atoms with E-state index in [4.69, 9.17) is 4.74 Å². The standard InChI is InChI=1S/C16H26FNO/c1-5-10-18-15(12(2)3)8-6-13-7-9-16(19-4)14(17)11-13/h7,9,11-12,15,18H,5-6,8,10H2,1-4H3. The summed E-state index contributed by atoms with van der Waals surface area (Å²) in [4.78, 5) is 0. The molecule has 0 saturated heterocycles. The summed E-state index contributed by atoms with van der Waals surface area (Å²) in [5.74, 6) is 0.630. The molecule has 3 heteroatoms. The van der Waals surface area contributed by atoms with Crippen LogP contribution in [0.5, 0.6) is 5.75 Å². The number of hydrogen-bond donors (Lipinski definition) is 1. The summed E-state index contributed by atoms with van der Waals surface area (Å²) in [6, 6.07) is 5.72. The van der Waals surface area contributed by atoms with E-state index in [0.29, 0.717) is 17.7 Å². The van der Waals surface area contributed by atoms with Gasteiger partial charge in [-0.2, -0.15) is 0 Å². The van der Waals surface area contributed by atoms with E-state index in [-0.39, 0.29) is 5.82 Å². The molecule has 0 aliphatic carbocycles. The zero-order chi connectivity index (χ0) is 14.3. The molecule has 108 valence electrons. The first-order chi connectivity index (χ1) is 9.08. The fourth-order valence-corrected chi connectivity index (χ4v) is 2.19. The Kier molecular flexibility index (Phi) is 6.85. The summed E-state index contributed by atoms with van der Waals surface area (Å²) in [6.45, 7) is 7.66. The van der Waals surface area contributed by atoms with Crippen LogP contribution in [-0.2, 0) is 6.42 Å². The minimum absolute atomic E-state index is 0.275. The van der Waals surface area contributed by atoms with Crippen LogP contribution in [0.3, 0.4) is 0 Å². The Morgan fingerprint density at radius 3 is 2.58 bits per heavy atom. The summed E-state index contributed by atoms with van der Waals surface area (Å²) in [6.07, 6.45) is 3.06. The second kappa shape index (κ2) is 8.16. The Morgan fingerprint density at radius 2 is 2.05 bits per heavy atom. The van der Waals surface area contributed by atoms with Crippen molar-refractivity contribution in [1.29, 1.82) is 0 Å². The van der Waals surface area contributed by atoms with Gasteiger partial charge in [0.2, 0.25) is 0 Å². The van der Waals surface area contributed by atoms with Crippen molar-refractivity contribution in [3.05, 3.63) is 29.6 Å². The SMILES string of the molecule is CCCNC(CCc1ccc(OC)c(F)c1)C(C)C. The summed E-state index contributed by atoms with van der Waals surface area (Å²) >= 11 is 0. The van der Waals surface area contributed by atoms with Crippen LogP contribution in [0.15, 0.2) is 18.2 Å². The maximum Gasteiger partial charge on any atom is 0.165 e. The van der Waals surface area contributed by atoms with Crippen LogP contribution in [0.4, 0.5) is 4.39 Å². The molecule has 1 aromatic rings. The first kappa shape index (κ1) is 16.0. The topological polar surface area (TPSA) is 21.3 Å². The lowest BCUT2D eigenvalue weighted by atomic mass is 9.96. The number of rotatable bonds is 8. The fourth-order valence-electron chi connectivity index (χ4n) is 2.19. The van der Waals surface area contributed by atoms with Crippen molar-refractivity contribution in [1.82, 2.24) is 5.32 Å². The van der Waals surface area contributed by atoms with Gasteiger partial charge in [-0.1, -0.05) is 26.8 Å². The molecule has 1 rings (SSSR count). The van der Waals surface area contributed by atoms with Crippen LogP contribution in [0.1, 0.15) is 39.2 Å². The minimum Gasteiger partial charge on any atom is -0.494 e. The number of hydrogen-bond acceptors (Lipinski definition) is 2. The van der Waals surface area contributed by atoms with Crippen molar-refractivity contribution < 1.29 is 9.13 Å². The molecule has 19 heavy (non-hydrogen) atoms. The highest BCUT2D eigenvalue weighted by Gasteiger charge is 2.12. The maximum absolute atomic E-state index is 13.6. The van der Waals surface area contributed by atoms with Crippen LogP contribution in [-0.4, -0.2) is 19.7 Å². The highest BCUT2D eigenvalue weighted by atomic mass is 19.1. The molecule has 0 radical (unpaired) electrons. The number of ether oxygens (including phenoxy) is 1. The lowest BCUT2D eigenvalue weighted by Gasteiger charge is -2.22. The van der Waals surface area contributed by atoms with Gasteiger partial charge in [-0.15, -0.1) is 0 Å². The minimum atomic E-state index is -0.275.